The first-order chi connectivity index (χ1) is 8.35. The van der Waals surface area contributed by atoms with Gasteiger partial charge >= 0.3 is 0 Å². The van der Waals surface area contributed by atoms with Crippen molar-refractivity contribution in [2.45, 2.75) is 19.1 Å². The highest BCUT2D eigenvalue weighted by Crippen LogP contribution is 2.26. The van der Waals surface area contributed by atoms with Gasteiger partial charge in [-0.3, -0.25) is 4.98 Å². The van der Waals surface area contributed by atoms with Gasteiger partial charge in [0, 0.05) is 32.3 Å². The van der Waals surface area contributed by atoms with Crippen molar-refractivity contribution in [3.05, 3.63) is 18.5 Å². The van der Waals surface area contributed by atoms with Crippen LogP contribution in [0.5, 0.6) is 0 Å². The quantitative estimate of drug-likeness (QED) is 0.785. The minimum atomic E-state index is 0.222. The Morgan fingerprint density at radius 1 is 1.47 bits per heavy atom. The summed E-state index contributed by atoms with van der Waals surface area (Å²) in [4.78, 5) is 6.48. The van der Waals surface area contributed by atoms with E-state index in [0.717, 1.165) is 37.8 Å². The van der Waals surface area contributed by atoms with Crippen LogP contribution in [0, 0.1) is 11.2 Å². The van der Waals surface area contributed by atoms with Crippen molar-refractivity contribution in [1.82, 2.24) is 4.98 Å². The summed E-state index contributed by atoms with van der Waals surface area (Å²) in [7, 11) is 1.91. The van der Waals surface area contributed by atoms with Gasteiger partial charge in [0.25, 0.3) is 6.71 Å². The molecular weight excluding hydrogens is 211 g/mol. The van der Waals surface area contributed by atoms with E-state index in [0.29, 0.717) is 0 Å². The fraction of sp³-hybridized carbons (Fsp3) is 0.500. The second-order valence-electron chi connectivity index (χ2n) is 4.39. The van der Waals surface area contributed by atoms with Gasteiger partial charge in [0.2, 0.25) is 0 Å². The number of hydrogen-bond donors (Lipinski definition) is 1. The highest BCUT2D eigenvalue weighted by atomic mass is 15.1. The summed E-state index contributed by atoms with van der Waals surface area (Å²) in [5.41, 5.74) is 2.25. The van der Waals surface area contributed by atoms with Gasteiger partial charge in [-0.15, -0.1) is 0 Å². The largest absolute Gasteiger partial charge is 0.385 e. The zero-order valence-electron chi connectivity index (χ0n) is 10.2. The number of pyridine rings is 1. The molecule has 17 heavy (non-hydrogen) atoms. The Kier molecular flexibility index (Phi) is 3.87. The maximum Gasteiger partial charge on any atom is 0.269 e. The van der Waals surface area contributed by atoms with Crippen LogP contribution in [0.4, 0.5) is 11.4 Å². The highest BCUT2D eigenvalue weighted by molar-refractivity contribution is 6.67. The van der Waals surface area contributed by atoms with E-state index in [9.17, 15) is 0 Å². The van der Waals surface area contributed by atoms with Crippen molar-refractivity contribution in [1.29, 1.82) is 5.26 Å². The molecule has 0 amide bonds. The predicted molar refractivity (Wildman–Crippen MR) is 71.6 cm³/mol. The third kappa shape index (κ3) is 2.70. The zero-order chi connectivity index (χ0) is 12.1. The molecule has 5 heteroatoms. The lowest BCUT2D eigenvalue weighted by molar-refractivity contribution is 0.810. The van der Waals surface area contributed by atoms with E-state index in [1.165, 1.54) is 5.69 Å². The molecular formula is C12H17BN4. The van der Waals surface area contributed by atoms with Crippen molar-refractivity contribution in [2.24, 2.45) is 0 Å². The Hall–Kier alpha value is -1.70. The van der Waals surface area contributed by atoms with Gasteiger partial charge < -0.3 is 10.2 Å². The third-order valence-corrected chi connectivity index (χ3v) is 3.32. The lowest BCUT2D eigenvalue weighted by atomic mass is 9.46. The van der Waals surface area contributed by atoms with Gasteiger partial charge in [-0.05, 0) is 18.8 Å². The molecule has 1 saturated heterocycles. The Labute approximate surface area is 103 Å². The summed E-state index contributed by atoms with van der Waals surface area (Å²) in [6.07, 6.45) is 6.74. The topological polar surface area (TPSA) is 52.0 Å². The zero-order valence-corrected chi connectivity index (χ0v) is 10.2. The second-order valence-corrected chi connectivity index (χ2v) is 4.39. The molecule has 2 rings (SSSR count). The van der Waals surface area contributed by atoms with Gasteiger partial charge in [0.1, 0.15) is 0 Å². The predicted octanol–water partition coefficient (Wildman–Crippen LogP) is 1.89. The summed E-state index contributed by atoms with van der Waals surface area (Å²) < 4.78 is 0. The molecule has 0 bridgehead atoms. The minimum absolute atomic E-state index is 0.222. The maximum absolute atomic E-state index is 8.98. The first kappa shape index (κ1) is 11.8. The number of aromatic nitrogens is 1. The Morgan fingerprint density at radius 2 is 2.35 bits per heavy atom. The van der Waals surface area contributed by atoms with E-state index >= 15 is 0 Å². The molecule has 0 aliphatic carbocycles. The normalized spacial score (nSPS) is 16.2. The lowest BCUT2D eigenvalue weighted by Crippen LogP contribution is -2.25. The molecule has 1 N–H and O–H groups in total. The molecule has 1 fully saturated rings. The van der Waals surface area contributed by atoms with Gasteiger partial charge in [-0.1, -0.05) is 6.32 Å². The fourth-order valence-corrected chi connectivity index (χ4v) is 2.32. The molecule has 4 nitrogen and oxygen atoms in total. The van der Waals surface area contributed by atoms with E-state index in [2.05, 4.69) is 21.2 Å². The van der Waals surface area contributed by atoms with Gasteiger partial charge in [0.05, 0.1) is 17.6 Å². The van der Waals surface area contributed by atoms with E-state index < -0.39 is 0 Å². The molecule has 0 spiro atoms. The van der Waals surface area contributed by atoms with Crippen LogP contribution in [0.15, 0.2) is 18.5 Å². The molecule has 0 saturated carbocycles. The smallest absolute Gasteiger partial charge is 0.269 e. The minimum Gasteiger partial charge on any atom is -0.385 e. The number of nitrogens with one attached hydrogen (secondary N) is 1. The van der Waals surface area contributed by atoms with E-state index in [4.69, 9.17) is 5.26 Å². The summed E-state index contributed by atoms with van der Waals surface area (Å²) >= 11 is 0. The number of rotatable bonds is 2. The van der Waals surface area contributed by atoms with E-state index in [-0.39, 0.29) is 6.71 Å². The molecule has 0 unspecified atom stereocenters. The summed E-state index contributed by atoms with van der Waals surface area (Å²) in [5.74, 6) is 2.39. The highest BCUT2D eigenvalue weighted by Gasteiger charge is 2.21. The molecule has 1 aromatic heterocycles. The van der Waals surface area contributed by atoms with Crippen LogP contribution in [0.2, 0.25) is 12.6 Å². The van der Waals surface area contributed by atoms with Crippen molar-refractivity contribution < 1.29 is 0 Å². The number of nitrogens with zero attached hydrogens (tertiary/aromatic N) is 3. The number of nitriles is 1. The lowest BCUT2D eigenvalue weighted by Gasteiger charge is -2.24. The number of anilines is 2. The fourth-order valence-electron chi connectivity index (χ4n) is 2.32. The molecule has 1 aliphatic heterocycles. The maximum atomic E-state index is 8.98. The van der Waals surface area contributed by atoms with E-state index in [1.807, 2.05) is 25.5 Å². The van der Waals surface area contributed by atoms with Crippen LogP contribution in [0.1, 0.15) is 6.42 Å². The summed E-state index contributed by atoms with van der Waals surface area (Å²) in [5, 5.41) is 12.2. The second kappa shape index (κ2) is 5.58. The molecule has 2 heterocycles. The standard InChI is InChI=1S/C12H17BN4/c1-15-11-9-16-6-3-12(11)17-7-2-4-13(10-14)5-8-17/h3,6,9,15H,2,4-5,7-8H2,1H3. The van der Waals surface area contributed by atoms with Crippen LogP contribution in [0.25, 0.3) is 0 Å². The first-order valence-electron chi connectivity index (χ1n) is 6.11. The van der Waals surface area contributed by atoms with Gasteiger partial charge in [-0.25, -0.2) is 5.26 Å². The Morgan fingerprint density at radius 3 is 3.12 bits per heavy atom. The molecule has 0 radical (unpaired) electrons. The average molecular weight is 228 g/mol. The molecule has 1 aliphatic rings. The van der Waals surface area contributed by atoms with Crippen molar-refractivity contribution in [3.8, 4) is 5.97 Å². The van der Waals surface area contributed by atoms with Gasteiger partial charge in [0.15, 0.2) is 0 Å². The van der Waals surface area contributed by atoms with Gasteiger partial charge in [-0.2, -0.15) is 0 Å². The van der Waals surface area contributed by atoms with Crippen molar-refractivity contribution in [2.75, 3.05) is 30.4 Å². The summed E-state index contributed by atoms with van der Waals surface area (Å²) in [6.45, 7) is 2.20. The SMILES string of the molecule is CNc1cnccc1N1CCCB(C#N)CC1. The third-order valence-electron chi connectivity index (χ3n) is 3.32. The number of hydrogen-bond acceptors (Lipinski definition) is 4. The van der Waals surface area contributed by atoms with Crippen LogP contribution < -0.4 is 10.2 Å². The van der Waals surface area contributed by atoms with Crippen LogP contribution in [-0.4, -0.2) is 31.8 Å². The molecule has 1 aromatic rings. The van der Waals surface area contributed by atoms with Crippen LogP contribution in [-0.2, 0) is 0 Å². The van der Waals surface area contributed by atoms with Crippen LogP contribution >= 0.6 is 0 Å². The monoisotopic (exact) mass is 228 g/mol. The molecule has 0 aromatic carbocycles. The van der Waals surface area contributed by atoms with Crippen LogP contribution in [0.3, 0.4) is 0 Å². The van der Waals surface area contributed by atoms with Crippen molar-refractivity contribution >= 4 is 18.1 Å². The van der Waals surface area contributed by atoms with E-state index in [1.54, 1.807) is 0 Å². The average Bonchev–Trinajstić information content (AvgIpc) is 2.63. The molecule has 88 valence electrons. The van der Waals surface area contributed by atoms with Crippen molar-refractivity contribution in [3.63, 3.8) is 0 Å². The Balaban J connectivity index is 2.14. The molecule has 0 atom stereocenters. The Bertz CT molecular complexity index is 415. The first-order valence-corrected chi connectivity index (χ1v) is 6.11. The summed E-state index contributed by atoms with van der Waals surface area (Å²) in [6, 6.07) is 2.04.